The summed E-state index contributed by atoms with van der Waals surface area (Å²) < 4.78 is 13.5. The molecule has 6 nitrogen and oxygen atoms in total. The molecule has 0 bridgehead atoms. The quantitative estimate of drug-likeness (QED) is 0.444. The van der Waals surface area contributed by atoms with Crippen LogP contribution >= 0.6 is 0 Å². The lowest BCUT2D eigenvalue weighted by Crippen LogP contribution is -2.44. The first kappa shape index (κ1) is 22.8. The smallest absolute Gasteiger partial charge is 0.253 e. The highest BCUT2D eigenvalue weighted by atomic mass is 19.1. The van der Waals surface area contributed by atoms with Gasteiger partial charge in [0.25, 0.3) is 5.91 Å². The maximum Gasteiger partial charge on any atom is 0.253 e. The molecule has 3 heterocycles. The molecule has 0 saturated carbocycles. The first-order valence-electron chi connectivity index (χ1n) is 11.7. The van der Waals surface area contributed by atoms with Crippen molar-refractivity contribution in [1.82, 2.24) is 25.2 Å². The first-order chi connectivity index (χ1) is 17.2. The van der Waals surface area contributed by atoms with Crippen molar-refractivity contribution in [3.05, 3.63) is 103 Å². The lowest BCUT2D eigenvalue weighted by molar-refractivity contribution is 0.0908. The fourth-order valence-corrected chi connectivity index (χ4v) is 4.47. The minimum atomic E-state index is -0.310. The molecule has 35 heavy (non-hydrogen) atoms. The molecular weight excluding hydrogens is 441 g/mol. The third-order valence-corrected chi connectivity index (χ3v) is 6.35. The van der Waals surface area contributed by atoms with Gasteiger partial charge in [0.1, 0.15) is 12.1 Å². The number of halogens is 1. The minimum absolute atomic E-state index is 0.124. The van der Waals surface area contributed by atoms with Crippen LogP contribution in [-0.4, -0.2) is 44.9 Å². The number of piperidine rings is 1. The van der Waals surface area contributed by atoms with Crippen LogP contribution in [0.4, 0.5) is 4.39 Å². The molecule has 1 aliphatic heterocycles. The molecule has 1 amide bonds. The van der Waals surface area contributed by atoms with Crippen LogP contribution in [0.3, 0.4) is 0 Å². The summed E-state index contributed by atoms with van der Waals surface area (Å²) in [5.74, 6) is -0.439. The Hall–Kier alpha value is -3.97. The Morgan fingerprint density at radius 2 is 1.74 bits per heavy atom. The van der Waals surface area contributed by atoms with Gasteiger partial charge in [-0.25, -0.2) is 14.4 Å². The van der Waals surface area contributed by atoms with E-state index in [1.807, 2.05) is 18.5 Å². The van der Waals surface area contributed by atoms with Gasteiger partial charge in [0.05, 0.1) is 11.3 Å². The first-order valence-corrected chi connectivity index (χ1v) is 11.7. The fourth-order valence-electron chi connectivity index (χ4n) is 4.47. The molecule has 1 aliphatic rings. The number of nitrogens with one attached hydrogen (secondary N) is 1. The Morgan fingerprint density at radius 3 is 2.49 bits per heavy atom. The number of benzene rings is 2. The molecule has 0 spiro atoms. The second kappa shape index (κ2) is 10.5. The maximum atomic E-state index is 13.5. The van der Waals surface area contributed by atoms with Crippen molar-refractivity contribution in [2.75, 3.05) is 13.1 Å². The largest absolute Gasteiger partial charge is 0.349 e. The summed E-state index contributed by atoms with van der Waals surface area (Å²) in [6.07, 6.45) is 8.55. The van der Waals surface area contributed by atoms with Gasteiger partial charge in [-0.1, -0.05) is 36.4 Å². The number of carbonyl (C=O) groups is 1. The molecule has 4 aromatic rings. The second-order valence-corrected chi connectivity index (χ2v) is 8.75. The van der Waals surface area contributed by atoms with Gasteiger partial charge in [-0.2, -0.15) is 0 Å². The zero-order chi connectivity index (χ0) is 24.0. The van der Waals surface area contributed by atoms with Crippen molar-refractivity contribution in [1.29, 1.82) is 0 Å². The lowest BCUT2D eigenvalue weighted by Gasteiger charge is -2.32. The van der Waals surface area contributed by atoms with Crippen LogP contribution < -0.4 is 5.32 Å². The standard InChI is InChI=1S/C28H26FN5O/c29-24-6-3-5-20(14-24)27-9-8-21(17-32-27)28(35)33-25-10-12-34(13-11-25)18-22-4-1-2-7-26(22)23-15-30-19-31-16-23/h1-9,14-17,19,25H,10-13,18H2,(H,33,35). The third kappa shape index (κ3) is 5.58. The zero-order valence-electron chi connectivity index (χ0n) is 19.3. The summed E-state index contributed by atoms with van der Waals surface area (Å²) in [4.78, 5) is 27.8. The average molecular weight is 468 g/mol. The summed E-state index contributed by atoms with van der Waals surface area (Å²) in [5.41, 5.74) is 5.24. The molecule has 7 heteroatoms. The summed E-state index contributed by atoms with van der Waals surface area (Å²) in [6.45, 7) is 2.65. The highest BCUT2D eigenvalue weighted by Crippen LogP contribution is 2.25. The number of pyridine rings is 1. The van der Waals surface area contributed by atoms with E-state index in [1.165, 1.54) is 17.7 Å². The van der Waals surface area contributed by atoms with Gasteiger partial charge in [0.15, 0.2) is 0 Å². The number of nitrogens with zero attached hydrogens (tertiary/aromatic N) is 4. The molecule has 5 rings (SSSR count). The lowest BCUT2D eigenvalue weighted by atomic mass is 9.99. The van der Waals surface area contributed by atoms with Crippen molar-refractivity contribution < 1.29 is 9.18 Å². The van der Waals surface area contributed by atoms with Gasteiger partial charge < -0.3 is 5.32 Å². The number of carbonyl (C=O) groups excluding carboxylic acids is 1. The number of rotatable bonds is 6. The van der Waals surface area contributed by atoms with Gasteiger partial charge in [-0.15, -0.1) is 0 Å². The van der Waals surface area contributed by atoms with Crippen molar-refractivity contribution in [2.24, 2.45) is 0 Å². The normalized spacial score (nSPS) is 14.5. The number of hydrogen-bond acceptors (Lipinski definition) is 5. The van der Waals surface area contributed by atoms with E-state index in [0.29, 0.717) is 16.8 Å². The number of amides is 1. The Bertz CT molecular complexity index is 1290. The number of likely N-dealkylation sites (tertiary alicyclic amines) is 1. The molecule has 0 unspecified atom stereocenters. The van der Waals surface area contributed by atoms with Crippen molar-refractivity contribution in [3.8, 4) is 22.4 Å². The number of aromatic nitrogens is 3. The van der Waals surface area contributed by atoms with Crippen LogP contribution in [0, 0.1) is 5.82 Å². The predicted octanol–water partition coefficient (Wildman–Crippen LogP) is 4.74. The van der Waals surface area contributed by atoms with E-state index in [2.05, 4.69) is 43.4 Å². The van der Waals surface area contributed by atoms with Crippen molar-refractivity contribution in [2.45, 2.75) is 25.4 Å². The monoisotopic (exact) mass is 467 g/mol. The summed E-state index contributed by atoms with van der Waals surface area (Å²) in [6, 6.07) is 18.2. The topological polar surface area (TPSA) is 71.0 Å². The van der Waals surface area contributed by atoms with E-state index >= 15 is 0 Å². The second-order valence-electron chi connectivity index (χ2n) is 8.75. The third-order valence-electron chi connectivity index (χ3n) is 6.35. The molecule has 1 fully saturated rings. The molecule has 176 valence electrons. The van der Waals surface area contributed by atoms with Gasteiger partial charge >= 0.3 is 0 Å². The summed E-state index contributed by atoms with van der Waals surface area (Å²) in [5, 5.41) is 3.14. The van der Waals surface area contributed by atoms with Crippen molar-refractivity contribution in [3.63, 3.8) is 0 Å². The molecule has 2 aromatic carbocycles. The van der Waals surface area contributed by atoms with Gasteiger partial charge in [-0.3, -0.25) is 14.7 Å². The summed E-state index contributed by atoms with van der Waals surface area (Å²) in [7, 11) is 0. The van der Waals surface area contributed by atoms with E-state index in [4.69, 9.17) is 0 Å². The molecule has 0 radical (unpaired) electrons. The minimum Gasteiger partial charge on any atom is -0.349 e. The van der Waals surface area contributed by atoms with Crippen molar-refractivity contribution >= 4 is 5.91 Å². The SMILES string of the molecule is O=C(NC1CCN(Cc2ccccc2-c2cncnc2)CC1)c1ccc(-c2cccc(F)c2)nc1. The maximum absolute atomic E-state index is 13.5. The number of hydrogen-bond donors (Lipinski definition) is 1. The Labute approximate surface area is 203 Å². The van der Waals surface area contributed by atoms with Crippen LogP contribution in [0.15, 0.2) is 85.6 Å². The van der Waals surface area contributed by atoms with Crippen LogP contribution in [0.5, 0.6) is 0 Å². The Morgan fingerprint density at radius 1 is 0.943 bits per heavy atom. The van der Waals surface area contributed by atoms with E-state index in [-0.39, 0.29) is 17.8 Å². The van der Waals surface area contributed by atoms with Crippen LogP contribution in [0.1, 0.15) is 28.8 Å². The van der Waals surface area contributed by atoms with Gasteiger partial charge in [0.2, 0.25) is 0 Å². The predicted molar refractivity (Wildman–Crippen MR) is 133 cm³/mol. The van der Waals surface area contributed by atoms with Gasteiger partial charge in [-0.05, 0) is 48.2 Å². The molecule has 1 saturated heterocycles. The zero-order valence-corrected chi connectivity index (χ0v) is 19.3. The molecule has 1 N–H and O–H groups in total. The van der Waals surface area contributed by atoms with Crippen LogP contribution in [0.25, 0.3) is 22.4 Å². The molecular formula is C28H26FN5O. The van der Waals surface area contributed by atoms with Gasteiger partial charge in [0, 0.05) is 55.4 Å². The van der Waals surface area contributed by atoms with Crippen LogP contribution in [0.2, 0.25) is 0 Å². The highest BCUT2D eigenvalue weighted by molar-refractivity contribution is 5.94. The molecule has 2 aromatic heterocycles. The highest BCUT2D eigenvalue weighted by Gasteiger charge is 2.22. The van der Waals surface area contributed by atoms with E-state index in [9.17, 15) is 9.18 Å². The van der Waals surface area contributed by atoms with E-state index in [1.54, 1.807) is 36.8 Å². The van der Waals surface area contributed by atoms with E-state index in [0.717, 1.165) is 43.6 Å². The molecule has 0 atom stereocenters. The van der Waals surface area contributed by atoms with E-state index < -0.39 is 0 Å². The summed E-state index contributed by atoms with van der Waals surface area (Å²) >= 11 is 0. The Balaban J connectivity index is 1.16. The Kier molecular flexibility index (Phi) is 6.86. The fraction of sp³-hybridized carbons (Fsp3) is 0.214. The molecule has 0 aliphatic carbocycles. The average Bonchev–Trinajstić information content (AvgIpc) is 2.91. The van der Waals surface area contributed by atoms with Crippen LogP contribution in [-0.2, 0) is 6.54 Å².